The number of carbonyl (C=O) groups is 2. The van der Waals surface area contributed by atoms with Crippen LogP contribution in [0.25, 0.3) is 0 Å². The van der Waals surface area contributed by atoms with Gasteiger partial charge >= 0.3 is 0 Å². The maximum atomic E-state index is 12.4. The lowest BCUT2D eigenvalue weighted by Gasteiger charge is -2.47. The van der Waals surface area contributed by atoms with Crippen molar-refractivity contribution < 1.29 is 14.1 Å². The normalized spacial score (nSPS) is 29.4. The maximum absolute atomic E-state index is 12.4. The highest BCUT2D eigenvalue weighted by molar-refractivity contribution is 5.92. The summed E-state index contributed by atoms with van der Waals surface area (Å²) in [7, 11) is 0. The van der Waals surface area contributed by atoms with Crippen molar-refractivity contribution in [2.24, 2.45) is 5.92 Å². The summed E-state index contributed by atoms with van der Waals surface area (Å²) in [5.41, 5.74) is 0.374. The van der Waals surface area contributed by atoms with E-state index in [9.17, 15) is 9.59 Å². The van der Waals surface area contributed by atoms with Gasteiger partial charge in [0.15, 0.2) is 5.69 Å². The second-order valence-corrected chi connectivity index (χ2v) is 6.32. The van der Waals surface area contributed by atoms with Crippen LogP contribution < -0.4 is 0 Å². The molecule has 6 heteroatoms. The number of carbonyl (C=O) groups excluding carboxylic acids is 2. The van der Waals surface area contributed by atoms with Crippen LogP contribution in [0, 0.1) is 5.92 Å². The zero-order chi connectivity index (χ0) is 14.4. The Bertz CT molecular complexity index is 553. The predicted molar refractivity (Wildman–Crippen MR) is 73.4 cm³/mol. The number of rotatable bonds is 2. The van der Waals surface area contributed by atoms with Gasteiger partial charge < -0.3 is 14.3 Å². The van der Waals surface area contributed by atoms with E-state index in [4.69, 9.17) is 4.52 Å². The van der Waals surface area contributed by atoms with Crippen molar-refractivity contribution in [1.29, 1.82) is 0 Å². The summed E-state index contributed by atoms with van der Waals surface area (Å²) < 4.78 is 4.75. The van der Waals surface area contributed by atoms with Crippen molar-refractivity contribution in [3.8, 4) is 0 Å². The van der Waals surface area contributed by atoms with Crippen LogP contribution in [0.3, 0.4) is 0 Å². The highest BCUT2D eigenvalue weighted by atomic mass is 16.5. The lowest BCUT2D eigenvalue weighted by molar-refractivity contribution is -0.141. The largest absolute Gasteiger partial charge is 0.364 e. The van der Waals surface area contributed by atoms with Crippen LogP contribution in [0.15, 0.2) is 16.9 Å². The molecule has 1 aromatic heterocycles. The Balaban J connectivity index is 1.48. The molecule has 21 heavy (non-hydrogen) atoms. The number of nitrogens with zero attached hydrogens (tertiary/aromatic N) is 3. The average Bonchev–Trinajstić information content (AvgIpc) is 3.18. The molecule has 1 saturated carbocycles. The number of hydrogen-bond donors (Lipinski definition) is 0. The van der Waals surface area contributed by atoms with Gasteiger partial charge in [-0.1, -0.05) is 5.16 Å². The van der Waals surface area contributed by atoms with E-state index in [0.29, 0.717) is 42.6 Å². The Morgan fingerprint density at radius 1 is 1.29 bits per heavy atom. The van der Waals surface area contributed by atoms with E-state index in [1.807, 2.05) is 4.90 Å². The molecule has 2 aliphatic heterocycles. The van der Waals surface area contributed by atoms with Crippen LogP contribution in [0.4, 0.5) is 0 Å². The van der Waals surface area contributed by atoms with Gasteiger partial charge in [-0.15, -0.1) is 0 Å². The SMILES string of the molecule is O=C(c1ccon1)N1CC[C@H]2[C@H](CCC(=O)N2C2CC2)C1. The third kappa shape index (κ3) is 2.22. The molecule has 0 bridgehead atoms. The first kappa shape index (κ1) is 12.9. The summed E-state index contributed by atoms with van der Waals surface area (Å²) in [6.07, 6.45) is 6.14. The van der Waals surface area contributed by atoms with Crippen molar-refractivity contribution in [2.45, 2.75) is 44.2 Å². The fourth-order valence-corrected chi connectivity index (χ4v) is 3.79. The van der Waals surface area contributed by atoms with Gasteiger partial charge in [0.2, 0.25) is 5.91 Å². The van der Waals surface area contributed by atoms with E-state index >= 15 is 0 Å². The molecule has 2 saturated heterocycles. The van der Waals surface area contributed by atoms with Crippen LogP contribution >= 0.6 is 0 Å². The van der Waals surface area contributed by atoms with E-state index < -0.39 is 0 Å². The maximum Gasteiger partial charge on any atom is 0.276 e. The molecule has 3 heterocycles. The second-order valence-electron chi connectivity index (χ2n) is 6.32. The van der Waals surface area contributed by atoms with Gasteiger partial charge in [0.05, 0.1) is 0 Å². The molecular weight excluding hydrogens is 270 g/mol. The third-order valence-corrected chi connectivity index (χ3v) is 4.95. The molecule has 1 aliphatic carbocycles. The molecular formula is C15H19N3O3. The molecule has 0 spiro atoms. The van der Waals surface area contributed by atoms with Gasteiger partial charge in [0.1, 0.15) is 6.26 Å². The van der Waals surface area contributed by atoms with Crippen LogP contribution in [-0.2, 0) is 4.79 Å². The summed E-state index contributed by atoms with van der Waals surface area (Å²) in [6, 6.07) is 2.41. The lowest BCUT2D eigenvalue weighted by atomic mass is 9.83. The monoisotopic (exact) mass is 289 g/mol. The highest BCUT2D eigenvalue weighted by Gasteiger charge is 2.45. The van der Waals surface area contributed by atoms with Gasteiger partial charge in [-0.05, 0) is 31.6 Å². The van der Waals surface area contributed by atoms with E-state index in [1.165, 1.54) is 6.26 Å². The van der Waals surface area contributed by atoms with Gasteiger partial charge in [-0.25, -0.2) is 0 Å². The minimum atomic E-state index is -0.0583. The molecule has 6 nitrogen and oxygen atoms in total. The summed E-state index contributed by atoms with van der Waals surface area (Å²) in [5.74, 6) is 0.667. The van der Waals surface area contributed by atoms with Crippen molar-refractivity contribution in [3.05, 3.63) is 18.0 Å². The topological polar surface area (TPSA) is 66.7 Å². The van der Waals surface area contributed by atoms with E-state index in [1.54, 1.807) is 6.07 Å². The second kappa shape index (κ2) is 4.86. The minimum Gasteiger partial charge on any atom is -0.364 e. The Hall–Kier alpha value is -1.85. The molecule has 2 amide bonds. The number of piperidine rings is 2. The molecule has 0 unspecified atom stereocenters. The van der Waals surface area contributed by atoms with Crippen LogP contribution in [0.5, 0.6) is 0 Å². The Morgan fingerprint density at radius 2 is 2.14 bits per heavy atom. The molecule has 4 rings (SSSR count). The average molecular weight is 289 g/mol. The fourth-order valence-electron chi connectivity index (χ4n) is 3.79. The van der Waals surface area contributed by atoms with Crippen LogP contribution in [0.2, 0.25) is 0 Å². The number of aromatic nitrogens is 1. The molecule has 0 N–H and O–H groups in total. The lowest BCUT2D eigenvalue weighted by Crippen LogP contribution is -2.57. The molecule has 112 valence electrons. The number of likely N-dealkylation sites (tertiary alicyclic amines) is 2. The van der Waals surface area contributed by atoms with Gasteiger partial charge in [-0.3, -0.25) is 9.59 Å². The first-order chi connectivity index (χ1) is 10.2. The van der Waals surface area contributed by atoms with Gasteiger partial charge in [0, 0.05) is 37.7 Å². The first-order valence-corrected chi connectivity index (χ1v) is 7.75. The molecule has 3 fully saturated rings. The molecule has 2 atom stereocenters. The van der Waals surface area contributed by atoms with E-state index in [2.05, 4.69) is 10.1 Å². The number of hydrogen-bond acceptors (Lipinski definition) is 4. The van der Waals surface area contributed by atoms with E-state index in [-0.39, 0.29) is 5.91 Å². The minimum absolute atomic E-state index is 0.0583. The van der Waals surface area contributed by atoms with Crippen molar-refractivity contribution in [2.75, 3.05) is 13.1 Å². The third-order valence-electron chi connectivity index (χ3n) is 4.95. The van der Waals surface area contributed by atoms with Gasteiger partial charge in [0.25, 0.3) is 5.91 Å². The first-order valence-electron chi connectivity index (χ1n) is 7.75. The number of amides is 2. The smallest absolute Gasteiger partial charge is 0.276 e. The molecule has 3 aliphatic rings. The zero-order valence-corrected chi connectivity index (χ0v) is 11.9. The molecule has 0 aromatic carbocycles. The number of fused-ring (bicyclic) bond motifs is 1. The summed E-state index contributed by atoms with van der Waals surface area (Å²) in [6.45, 7) is 1.43. The predicted octanol–water partition coefficient (Wildman–Crippen LogP) is 1.29. The summed E-state index contributed by atoms with van der Waals surface area (Å²) >= 11 is 0. The Kier molecular flexibility index (Phi) is 2.97. The van der Waals surface area contributed by atoms with E-state index in [0.717, 1.165) is 32.2 Å². The Morgan fingerprint density at radius 3 is 2.86 bits per heavy atom. The molecule has 1 aromatic rings. The van der Waals surface area contributed by atoms with Crippen molar-refractivity contribution >= 4 is 11.8 Å². The van der Waals surface area contributed by atoms with Crippen molar-refractivity contribution in [3.63, 3.8) is 0 Å². The van der Waals surface area contributed by atoms with Crippen LogP contribution in [0.1, 0.15) is 42.6 Å². The molecule has 0 radical (unpaired) electrons. The van der Waals surface area contributed by atoms with Crippen molar-refractivity contribution in [1.82, 2.24) is 15.0 Å². The summed E-state index contributed by atoms with van der Waals surface area (Å²) in [4.78, 5) is 28.5. The summed E-state index contributed by atoms with van der Waals surface area (Å²) in [5, 5.41) is 3.73. The quantitative estimate of drug-likeness (QED) is 0.823. The van der Waals surface area contributed by atoms with Gasteiger partial charge in [-0.2, -0.15) is 0 Å². The standard InChI is InChI=1S/C15H19N3O3/c19-14-4-1-10-9-17(15(20)12-6-8-21-16-12)7-5-13(10)18(14)11-2-3-11/h6,8,10-11,13H,1-5,7,9H2/t10-,13+/m1/s1. The van der Waals surface area contributed by atoms with Crippen LogP contribution in [-0.4, -0.2) is 51.9 Å². The fraction of sp³-hybridized carbons (Fsp3) is 0.667. The highest BCUT2D eigenvalue weighted by Crippen LogP contribution is 2.39. The zero-order valence-electron chi connectivity index (χ0n) is 11.9. The Labute approximate surface area is 123 Å².